The van der Waals surface area contributed by atoms with Crippen molar-refractivity contribution in [1.29, 1.82) is 0 Å². The van der Waals surface area contributed by atoms with Crippen molar-refractivity contribution >= 4 is 11.6 Å². The Kier molecular flexibility index (Phi) is 3.32. The normalized spacial score (nSPS) is 17.9. The van der Waals surface area contributed by atoms with Crippen LogP contribution in [0.25, 0.3) is 0 Å². The van der Waals surface area contributed by atoms with Crippen LogP contribution in [0.2, 0.25) is 0 Å². The van der Waals surface area contributed by atoms with E-state index < -0.39 is 0 Å². The van der Waals surface area contributed by atoms with Gasteiger partial charge in [-0.05, 0) is 30.0 Å². The van der Waals surface area contributed by atoms with Crippen LogP contribution in [0.15, 0.2) is 41.0 Å². The molecule has 1 aliphatic heterocycles. The zero-order chi connectivity index (χ0) is 14.1. The third-order valence-electron chi connectivity index (χ3n) is 3.89. The number of anilines is 1. The fourth-order valence-electron chi connectivity index (χ4n) is 2.72. The first kappa shape index (κ1) is 12.9. The molecule has 0 saturated heterocycles. The van der Waals surface area contributed by atoms with Crippen molar-refractivity contribution in [3.05, 3.63) is 53.5 Å². The molecule has 0 saturated carbocycles. The van der Waals surface area contributed by atoms with E-state index in [1.807, 2.05) is 23.1 Å². The lowest BCUT2D eigenvalue weighted by molar-refractivity contribution is 0.0984. The third kappa shape index (κ3) is 2.12. The largest absolute Gasteiger partial charge is 0.467 e. The van der Waals surface area contributed by atoms with E-state index in [4.69, 9.17) is 10.2 Å². The fraction of sp³-hybridized carbons (Fsp3) is 0.312. The van der Waals surface area contributed by atoms with Crippen LogP contribution >= 0.6 is 0 Å². The molecule has 0 aliphatic carbocycles. The Morgan fingerprint density at radius 2 is 2.25 bits per heavy atom. The van der Waals surface area contributed by atoms with Crippen LogP contribution in [0.1, 0.15) is 40.9 Å². The summed E-state index contributed by atoms with van der Waals surface area (Å²) in [6, 6.07) is 9.82. The van der Waals surface area contributed by atoms with Crippen LogP contribution in [0.5, 0.6) is 0 Å². The zero-order valence-electron chi connectivity index (χ0n) is 11.5. The summed E-state index contributed by atoms with van der Waals surface area (Å²) in [5.41, 5.74) is 8.32. The van der Waals surface area contributed by atoms with Gasteiger partial charge in [0.15, 0.2) is 0 Å². The summed E-state index contributed by atoms with van der Waals surface area (Å²) in [5.74, 6) is 1.10. The molecular weight excluding hydrogens is 252 g/mol. The minimum atomic E-state index is -0.0206. The number of furan rings is 1. The molecule has 1 aliphatic rings. The molecule has 0 bridgehead atoms. The Hall–Kier alpha value is -2.07. The molecule has 104 valence electrons. The first-order valence-electron chi connectivity index (χ1n) is 6.89. The third-order valence-corrected chi connectivity index (χ3v) is 3.89. The number of rotatable bonds is 2. The highest BCUT2D eigenvalue weighted by Gasteiger charge is 2.27. The number of amides is 1. The zero-order valence-corrected chi connectivity index (χ0v) is 11.5. The Labute approximate surface area is 118 Å². The molecule has 2 heterocycles. The lowest BCUT2D eigenvalue weighted by Crippen LogP contribution is -2.36. The maximum atomic E-state index is 12.6. The Bertz CT molecular complexity index is 633. The molecule has 2 N–H and O–H groups in total. The Balaban J connectivity index is 1.95. The minimum Gasteiger partial charge on any atom is -0.467 e. The second-order valence-electron chi connectivity index (χ2n) is 5.21. The van der Waals surface area contributed by atoms with Gasteiger partial charge >= 0.3 is 0 Å². The van der Waals surface area contributed by atoms with E-state index in [0.717, 1.165) is 18.7 Å². The minimum absolute atomic E-state index is 0.0206. The van der Waals surface area contributed by atoms with Crippen molar-refractivity contribution in [3.63, 3.8) is 0 Å². The van der Waals surface area contributed by atoms with E-state index in [0.29, 0.717) is 23.8 Å². The van der Waals surface area contributed by atoms with Gasteiger partial charge in [0, 0.05) is 12.2 Å². The smallest absolute Gasteiger partial charge is 0.261 e. The quantitative estimate of drug-likeness (QED) is 0.912. The van der Waals surface area contributed by atoms with Crippen LogP contribution < -0.4 is 10.6 Å². The molecule has 3 rings (SSSR count). The second-order valence-corrected chi connectivity index (χ2v) is 5.21. The van der Waals surface area contributed by atoms with Gasteiger partial charge in [-0.25, -0.2) is 0 Å². The van der Waals surface area contributed by atoms with E-state index >= 15 is 0 Å². The predicted octanol–water partition coefficient (Wildman–Crippen LogP) is 2.89. The monoisotopic (exact) mass is 270 g/mol. The molecule has 0 radical (unpaired) electrons. The van der Waals surface area contributed by atoms with E-state index in [1.54, 1.807) is 6.07 Å². The number of benzene rings is 1. The van der Waals surface area contributed by atoms with Crippen molar-refractivity contribution < 1.29 is 9.21 Å². The lowest BCUT2D eigenvalue weighted by atomic mass is 9.91. The number of nitrogens with zero attached hydrogens (tertiary/aromatic N) is 1. The van der Waals surface area contributed by atoms with Crippen molar-refractivity contribution in [2.75, 3.05) is 11.4 Å². The summed E-state index contributed by atoms with van der Waals surface area (Å²) < 4.78 is 5.26. The summed E-state index contributed by atoms with van der Waals surface area (Å²) in [7, 11) is 0. The average molecular weight is 270 g/mol. The highest BCUT2D eigenvalue weighted by atomic mass is 16.3. The Morgan fingerprint density at radius 1 is 1.45 bits per heavy atom. The van der Waals surface area contributed by atoms with E-state index in [2.05, 4.69) is 13.0 Å². The molecule has 4 heteroatoms. The molecule has 4 nitrogen and oxygen atoms in total. The fourth-order valence-corrected chi connectivity index (χ4v) is 2.72. The maximum Gasteiger partial charge on any atom is 0.261 e. The summed E-state index contributed by atoms with van der Waals surface area (Å²) in [5, 5.41) is 0. The van der Waals surface area contributed by atoms with Gasteiger partial charge in [-0.3, -0.25) is 4.79 Å². The van der Waals surface area contributed by atoms with Gasteiger partial charge in [0.2, 0.25) is 0 Å². The number of fused-ring (bicyclic) bond motifs is 1. The highest BCUT2D eigenvalue weighted by molar-refractivity contribution is 6.06. The molecule has 1 amide bonds. The van der Waals surface area contributed by atoms with Crippen molar-refractivity contribution in [1.82, 2.24) is 0 Å². The SMILES string of the molecule is CC1CCN(C(=O)c2coc(CN)c2)c2ccccc21. The van der Waals surface area contributed by atoms with Gasteiger partial charge in [0.25, 0.3) is 5.91 Å². The molecule has 0 fully saturated rings. The van der Waals surface area contributed by atoms with Crippen LogP contribution in [0, 0.1) is 0 Å². The number of hydrogen-bond donors (Lipinski definition) is 1. The van der Waals surface area contributed by atoms with Gasteiger partial charge in [-0.1, -0.05) is 25.1 Å². The first-order chi connectivity index (χ1) is 9.70. The topological polar surface area (TPSA) is 59.5 Å². The summed E-state index contributed by atoms with van der Waals surface area (Å²) in [6.07, 6.45) is 2.47. The number of nitrogens with two attached hydrogens (primary N) is 1. The maximum absolute atomic E-state index is 12.6. The highest BCUT2D eigenvalue weighted by Crippen LogP contribution is 2.35. The van der Waals surface area contributed by atoms with Gasteiger partial charge in [-0.2, -0.15) is 0 Å². The van der Waals surface area contributed by atoms with Gasteiger partial charge in [0.05, 0.1) is 12.1 Å². The van der Waals surface area contributed by atoms with Crippen LogP contribution in [-0.4, -0.2) is 12.5 Å². The van der Waals surface area contributed by atoms with E-state index in [1.165, 1.54) is 11.8 Å². The number of para-hydroxylation sites is 1. The molecule has 1 unspecified atom stereocenters. The number of hydrogen-bond acceptors (Lipinski definition) is 3. The molecule has 1 aromatic heterocycles. The molecule has 0 spiro atoms. The molecule has 20 heavy (non-hydrogen) atoms. The molecule has 1 aromatic carbocycles. The second kappa shape index (κ2) is 5.13. The van der Waals surface area contributed by atoms with Crippen molar-refractivity contribution in [2.24, 2.45) is 5.73 Å². The predicted molar refractivity (Wildman–Crippen MR) is 77.7 cm³/mol. The van der Waals surface area contributed by atoms with E-state index in [9.17, 15) is 4.79 Å². The Morgan fingerprint density at radius 3 is 3.00 bits per heavy atom. The van der Waals surface area contributed by atoms with Gasteiger partial charge < -0.3 is 15.1 Å². The average Bonchev–Trinajstić information content (AvgIpc) is 2.96. The van der Waals surface area contributed by atoms with Crippen LogP contribution in [0.4, 0.5) is 5.69 Å². The first-order valence-corrected chi connectivity index (χ1v) is 6.89. The summed E-state index contributed by atoms with van der Waals surface area (Å²) in [4.78, 5) is 14.5. The van der Waals surface area contributed by atoms with Crippen molar-refractivity contribution in [3.8, 4) is 0 Å². The molecular formula is C16H18N2O2. The van der Waals surface area contributed by atoms with Crippen molar-refractivity contribution in [2.45, 2.75) is 25.8 Å². The number of carbonyl (C=O) groups is 1. The molecule has 2 aromatic rings. The summed E-state index contributed by atoms with van der Waals surface area (Å²) >= 11 is 0. The van der Waals surface area contributed by atoms with E-state index in [-0.39, 0.29) is 5.91 Å². The summed E-state index contributed by atoms with van der Waals surface area (Å²) in [6.45, 7) is 3.24. The molecule has 1 atom stereocenters. The van der Waals surface area contributed by atoms with Gasteiger partial charge in [0.1, 0.15) is 12.0 Å². The lowest BCUT2D eigenvalue weighted by Gasteiger charge is -2.32. The van der Waals surface area contributed by atoms with Crippen LogP contribution in [0.3, 0.4) is 0 Å². The van der Waals surface area contributed by atoms with Crippen LogP contribution in [-0.2, 0) is 6.54 Å². The standard InChI is InChI=1S/C16H18N2O2/c1-11-6-7-18(15-5-3-2-4-14(11)15)16(19)12-8-13(9-17)20-10-12/h2-5,8,10-11H,6-7,9,17H2,1H3. The number of carbonyl (C=O) groups excluding carboxylic acids is 1. The van der Waals surface area contributed by atoms with Gasteiger partial charge in [-0.15, -0.1) is 0 Å².